The summed E-state index contributed by atoms with van der Waals surface area (Å²) in [6.07, 6.45) is 3.87. The van der Waals surface area contributed by atoms with Crippen molar-refractivity contribution in [3.63, 3.8) is 0 Å². The van der Waals surface area contributed by atoms with Crippen molar-refractivity contribution in [3.8, 4) is 0 Å². The summed E-state index contributed by atoms with van der Waals surface area (Å²) in [4.78, 5) is 156. The van der Waals surface area contributed by atoms with Crippen molar-refractivity contribution >= 4 is 82.2 Å². The van der Waals surface area contributed by atoms with Crippen LogP contribution in [-0.2, 0) is 65.6 Å². The Morgan fingerprint density at radius 3 is 1.63 bits per heavy atom. The van der Waals surface area contributed by atoms with Crippen LogP contribution in [0.1, 0.15) is 119 Å². The molecule has 0 bridgehead atoms. The molecule has 5 atom stereocenters. The molecule has 2 unspecified atom stereocenters. The molecule has 0 aromatic heterocycles. The van der Waals surface area contributed by atoms with Crippen molar-refractivity contribution in [3.05, 3.63) is 83.4 Å². The number of carboxylic acids is 6. The van der Waals surface area contributed by atoms with Crippen LogP contribution in [0.5, 0.6) is 0 Å². The second kappa shape index (κ2) is 39.6. The summed E-state index contributed by atoms with van der Waals surface area (Å²) in [5.41, 5.74) is 3.06. The average Bonchev–Trinajstić information content (AvgIpc) is 3.68. The highest BCUT2D eigenvalue weighted by molar-refractivity contribution is 5.90. The van der Waals surface area contributed by atoms with Gasteiger partial charge in [0.2, 0.25) is 29.5 Å². The third-order valence-electron chi connectivity index (χ3n) is 16.9. The highest BCUT2D eigenvalue weighted by atomic mass is 16.4. The fourth-order valence-corrected chi connectivity index (χ4v) is 11.5. The fraction of sp³-hybridized carbons (Fsp3) is 0.569. The molecular formula is C65H92N10O18. The van der Waals surface area contributed by atoms with Crippen LogP contribution in [-0.4, -0.2) is 219 Å². The first-order valence-corrected chi connectivity index (χ1v) is 32.0. The van der Waals surface area contributed by atoms with Gasteiger partial charge in [-0.15, -0.1) is 0 Å². The summed E-state index contributed by atoms with van der Waals surface area (Å²) >= 11 is 0. The Labute approximate surface area is 540 Å². The van der Waals surface area contributed by atoms with E-state index in [1.165, 1.54) is 0 Å². The molecule has 1 saturated heterocycles. The number of nitrogens with one attached hydrogen (secondary N) is 7. The molecule has 1 aliphatic heterocycles. The number of carbonyl (C=O) groups is 12. The third-order valence-corrected chi connectivity index (χ3v) is 16.9. The number of amides is 7. The van der Waals surface area contributed by atoms with Gasteiger partial charge < -0.3 is 67.9 Å². The van der Waals surface area contributed by atoms with Crippen molar-refractivity contribution < 1.29 is 88.2 Å². The van der Waals surface area contributed by atoms with E-state index < -0.39 is 109 Å². The van der Waals surface area contributed by atoms with Crippen LogP contribution in [0.2, 0.25) is 0 Å². The van der Waals surface area contributed by atoms with Gasteiger partial charge in [0.15, 0.2) is 0 Å². The van der Waals surface area contributed by atoms with Crippen LogP contribution in [0.15, 0.2) is 66.7 Å². The number of urea groups is 1. The molecule has 93 heavy (non-hydrogen) atoms. The summed E-state index contributed by atoms with van der Waals surface area (Å²) in [6.45, 7) is 3.10. The zero-order valence-electron chi connectivity index (χ0n) is 52.8. The zero-order chi connectivity index (χ0) is 67.8. The number of hydrogen-bond acceptors (Lipinski definition) is 15. The van der Waals surface area contributed by atoms with Crippen molar-refractivity contribution in [2.45, 2.75) is 153 Å². The molecule has 3 aromatic rings. The van der Waals surface area contributed by atoms with E-state index >= 15 is 0 Å². The van der Waals surface area contributed by atoms with Crippen LogP contribution >= 0.6 is 0 Å². The first kappa shape index (κ1) is 75.0. The average molecular weight is 1300 g/mol. The first-order chi connectivity index (χ1) is 44.4. The lowest BCUT2D eigenvalue weighted by Crippen LogP contribution is -2.51. The Balaban J connectivity index is 1.17. The molecule has 0 spiro atoms. The monoisotopic (exact) mass is 1300 g/mol. The maximum absolute atomic E-state index is 14.1. The van der Waals surface area contributed by atoms with Gasteiger partial charge in [0.05, 0.1) is 13.1 Å². The number of hydrogen-bond donors (Lipinski definition) is 13. The van der Waals surface area contributed by atoms with Crippen LogP contribution in [0.25, 0.3) is 10.8 Å². The minimum absolute atomic E-state index is 0.0563. The number of fused-ring (bicyclic) bond motifs is 1. The quantitative estimate of drug-likeness (QED) is 0.0365. The van der Waals surface area contributed by atoms with E-state index in [-0.39, 0.29) is 128 Å². The second-order valence-corrected chi connectivity index (χ2v) is 24.1. The molecule has 2 fully saturated rings. The lowest BCUT2D eigenvalue weighted by Gasteiger charge is -2.30. The van der Waals surface area contributed by atoms with E-state index in [1.807, 2.05) is 73.7 Å². The lowest BCUT2D eigenvalue weighted by molar-refractivity contribution is -0.145. The number of rotatable bonds is 39. The molecule has 1 heterocycles. The Kier molecular flexibility index (Phi) is 31.9. The van der Waals surface area contributed by atoms with Gasteiger partial charge in [-0.05, 0) is 125 Å². The van der Waals surface area contributed by atoms with E-state index in [4.69, 9.17) is 5.11 Å². The number of unbranched alkanes of at least 4 members (excludes halogenated alkanes) is 2. The number of benzene rings is 3. The van der Waals surface area contributed by atoms with Crippen LogP contribution in [0.4, 0.5) is 4.79 Å². The maximum atomic E-state index is 14.1. The largest absolute Gasteiger partial charge is 0.481 e. The fourth-order valence-electron chi connectivity index (χ4n) is 11.5. The Bertz CT molecular complexity index is 2990. The number of aliphatic carboxylic acids is 6. The topological polar surface area (TPSA) is 420 Å². The third kappa shape index (κ3) is 28.3. The van der Waals surface area contributed by atoms with Crippen molar-refractivity contribution in [2.24, 2.45) is 11.8 Å². The zero-order valence-corrected chi connectivity index (χ0v) is 52.8. The Morgan fingerprint density at radius 2 is 1.04 bits per heavy atom. The Hall–Kier alpha value is -8.76. The number of carbonyl (C=O) groups excluding carboxylic acids is 6. The summed E-state index contributed by atoms with van der Waals surface area (Å²) in [5.74, 6) is -10.1. The molecular weight excluding hydrogens is 1210 g/mol. The van der Waals surface area contributed by atoms with E-state index in [2.05, 4.69) is 37.2 Å². The Morgan fingerprint density at radius 1 is 0.484 bits per heavy atom. The predicted octanol–water partition coefficient (Wildman–Crippen LogP) is 2.57. The van der Waals surface area contributed by atoms with Gasteiger partial charge in [-0.2, -0.15) is 0 Å². The smallest absolute Gasteiger partial charge is 0.326 e. The summed E-state index contributed by atoms with van der Waals surface area (Å²) in [6, 6.07) is 14.2. The molecule has 28 heteroatoms. The van der Waals surface area contributed by atoms with Crippen molar-refractivity contribution in [1.82, 2.24) is 51.9 Å². The second-order valence-electron chi connectivity index (χ2n) is 24.1. The van der Waals surface area contributed by atoms with Gasteiger partial charge in [0.25, 0.3) is 0 Å². The van der Waals surface area contributed by atoms with Gasteiger partial charge in [-0.1, -0.05) is 72.3 Å². The molecule has 2 aliphatic rings. The minimum atomic E-state index is -1.57. The van der Waals surface area contributed by atoms with E-state index in [9.17, 15) is 83.1 Å². The molecule has 5 rings (SSSR count). The molecule has 1 aliphatic carbocycles. The van der Waals surface area contributed by atoms with Crippen LogP contribution in [0, 0.1) is 18.8 Å². The van der Waals surface area contributed by atoms with E-state index in [0.717, 1.165) is 33.9 Å². The standard InChI is InChI=1S/C65H92N10O18/c1-42-15-17-43(18-16-42)9-8-14-54(76)66-29-6-4-12-49(69-55(77)27-26-53(64(91)92)75-35-33-73(40-57(80)81)31-32-74(34-36-75)41-58(82)83)60(85)68-39-44-19-23-47(24-20-44)59(84)70-52(38-45-21-22-46-10-2-3-11-48(46)37-45)61(86)67-30-7-5-13-50(62(87)88)71-65(93)72-51(63(89)90)25-28-56(78)79/h2-3,10-11,15-18,21-22,37,44,47,49-53H,4-9,12-14,19-20,23-36,38-41H2,1H3,(H,66,76)(H,67,86)(H,68,85)(H,69,77)(H,70,84)(H,78,79)(H,80,81)(H,82,83)(H,87,88)(H,89,90)(H,91,92)(H2,71,72,93)/t44?,47?,49-,50?,51+,52+,53?/m0/s1. The molecule has 1 saturated carbocycles. The van der Waals surface area contributed by atoms with Gasteiger partial charge in [0, 0.05) is 90.5 Å². The molecule has 13 N–H and O–H groups in total. The maximum Gasteiger partial charge on any atom is 0.326 e. The van der Waals surface area contributed by atoms with Gasteiger partial charge in [0.1, 0.15) is 30.2 Å². The number of aryl methyl sites for hydroxylation is 2. The predicted molar refractivity (Wildman–Crippen MR) is 340 cm³/mol. The van der Waals surface area contributed by atoms with E-state index in [1.54, 1.807) is 14.7 Å². The van der Waals surface area contributed by atoms with Crippen molar-refractivity contribution in [2.75, 3.05) is 72.0 Å². The van der Waals surface area contributed by atoms with Gasteiger partial charge in [-0.3, -0.25) is 57.9 Å². The first-order valence-electron chi connectivity index (χ1n) is 32.0. The molecule has 7 amide bonds. The number of carboxylic acid groups (broad SMARTS) is 6. The SMILES string of the molecule is Cc1ccc(CCCC(=O)NCCCC[C@H](NC(=O)CCC(C(=O)O)N2CCN(CC(=O)O)CCN(CC(=O)O)CC2)C(=O)NCC2CCC(C(=O)N[C@H](Cc3ccc4ccccc4c3)C(=O)NCCCCC(NC(=O)N[C@H](CCC(=O)O)C(=O)O)C(=O)O)CC2)cc1. The molecule has 0 radical (unpaired) electrons. The molecule has 28 nitrogen and oxygen atoms in total. The summed E-state index contributed by atoms with van der Waals surface area (Å²) < 4.78 is 0. The molecule has 3 aromatic carbocycles. The lowest BCUT2D eigenvalue weighted by atomic mass is 9.81. The summed E-state index contributed by atoms with van der Waals surface area (Å²) in [5, 5.41) is 78.2. The van der Waals surface area contributed by atoms with Crippen LogP contribution in [0.3, 0.4) is 0 Å². The van der Waals surface area contributed by atoms with Crippen LogP contribution < -0.4 is 37.2 Å². The highest BCUT2D eigenvalue weighted by Gasteiger charge is 2.33. The normalized spacial score (nSPS) is 17.3. The molecule has 510 valence electrons. The van der Waals surface area contributed by atoms with E-state index in [0.29, 0.717) is 57.9 Å². The number of nitrogens with zero attached hydrogens (tertiary/aromatic N) is 3. The highest BCUT2D eigenvalue weighted by Crippen LogP contribution is 2.29. The summed E-state index contributed by atoms with van der Waals surface area (Å²) in [7, 11) is 0. The minimum Gasteiger partial charge on any atom is -0.481 e. The van der Waals surface area contributed by atoms with Gasteiger partial charge >= 0.3 is 41.8 Å². The van der Waals surface area contributed by atoms with Crippen molar-refractivity contribution in [1.29, 1.82) is 0 Å². The van der Waals surface area contributed by atoms with Gasteiger partial charge in [-0.25, -0.2) is 14.4 Å².